The average molecular weight is 291 g/mol. The van der Waals surface area contributed by atoms with E-state index in [0.29, 0.717) is 19.6 Å². The van der Waals surface area contributed by atoms with Crippen LogP contribution in [0.1, 0.15) is 17.5 Å². The van der Waals surface area contributed by atoms with Crippen LogP contribution in [0.2, 0.25) is 0 Å². The zero-order chi connectivity index (χ0) is 15.2. The number of hydrogen-bond donors (Lipinski definition) is 1. The topological polar surface area (TPSA) is 66.8 Å². The first kappa shape index (κ1) is 15.5. The molecule has 2 rings (SSSR count). The van der Waals surface area contributed by atoms with Crippen LogP contribution in [0.15, 0.2) is 24.3 Å². The maximum Gasteiger partial charge on any atom is 0.323 e. The van der Waals surface area contributed by atoms with Gasteiger partial charge in [0.25, 0.3) is 0 Å². The number of carbonyl (C=O) groups is 2. The molecule has 1 amide bonds. The maximum absolute atomic E-state index is 12.6. The number of methoxy groups -OCH3 is 1. The highest BCUT2D eigenvalue weighted by molar-refractivity contribution is 5.83. The zero-order valence-corrected chi connectivity index (χ0v) is 12.2. The molecular weight excluding hydrogens is 270 g/mol. The summed E-state index contributed by atoms with van der Waals surface area (Å²) >= 11 is 0. The van der Waals surface area contributed by atoms with E-state index >= 15 is 0 Å². The minimum atomic E-state index is -0.990. The van der Waals surface area contributed by atoms with Crippen molar-refractivity contribution < 1.29 is 19.4 Å². The molecule has 5 nitrogen and oxygen atoms in total. The van der Waals surface area contributed by atoms with Gasteiger partial charge in [-0.3, -0.25) is 9.59 Å². The fourth-order valence-electron chi connectivity index (χ4n) is 2.80. The van der Waals surface area contributed by atoms with E-state index in [0.717, 1.165) is 12.8 Å². The van der Waals surface area contributed by atoms with Crippen LogP contribution in [0.4, 0.5) is 0 Å². The van der Waals surface area contributed by atoms with Crippen molar-refractivity contribution in [2.75, 3.05) is 26.8 Å². The Morgan fingerprint density at radius 3 is 2.71 bits per heavy atom. The van der Waals surface area contributed by atoms with Crippen LogP contribution in [0, 0.1) is 5.92 Å². The van der Waals surface area contributed by atoms with Crippen LogP contribution < -0.4 is 0 Å². The minimum absolute atomic E-state index is 0.0797. The number of fused-ring (bicyclic) bond motifs is 1. The van der Waals surface area contributed by atoms with Crippen LogP contribution in [0.5, 0.6) is 0 Å². The number of ether oxygens (including phenoxy) is 1. The van der Waals surface area contributed by atoms with Crippen LogP contribution in [-0.2, 0) is 27.2 Å². The summed E-state index contributed by atoms with van der Waals surface area (Å²) in [6, 6.07) is 8.13. The number of amides is 1. The van der Waals surface area contributed by atoms with E-state index in [9.17, 15) is 9.59 Å². The number of carboxylic acids is 1. The second kappa shape index (κ2) is 7.22. The summed E-state index contributed by atoms with van der Waals surface area (Å²) in [6.45, 7) is 0.405. The summed E-state index contributed by atoms with van der Waals surface area (Å²) in [7, 11) is 1.54. The lowest BCUT2D eigenvalue weighted by atomic mass is 9.83. The van der Waals surface area contributed by atoms with E-state index in [1.165, 1.54) is 16.0 Å². The Balaban J connectivity index is 2.05. The molecule has 0 saturated carbocycles. The van der Waals surface area contributed by atoms with Gasteiger partial charge in [-0.1, -0.05) is 24.3 Å². The second-order valence-corrected chi connectivity index (χ2v) is 5.35. The molecule has 1 aromatic rings. The summed E-state index contributed by atoms with van der Waals surface area (Å²) in [5.41, 5.74) is 2.49. The van der Waals surface area contributed by atoms with Gasteiger partial charge in [0.05, 0.1) is 6.61 Å². The summed E-state index contributed by atoms with van der Waals surface area (Å²) in [5.74, 6) is -1.20. The SMILES string of the molecule is COCCN(CC(=O)O)C(=O)C1CCc2ccccc2C1. The Kier molecular flexibility index (Phi) is 5.33. The zero-order valence-electron chi connectivity index (χ0n) is 12.2. The third kappa shape index (κ3) is 4.04. The molecule has 0 heterocycles. The molecule has 1 unspecified atom stereocenters. The predicted octanol–water partition coefficient (Wildman–Crippen LogP) is 1.35. The standard InChI is InChI=1S/C16H21NO4/c1-21-9-8-17(11-15(18)19)16(20)14-7-6-12-4-2-3-5-13(12)10-14/h2-5,14H,6-11H2,1H3,(H,18,19). The van der Waals surface area contributed by atoms with E-state index in [1.54, 1.807) is 7.11 Å². The van der Waals surface area contributed by atoms with E-state index in [-0.39, 0.29) is 18.4 Å². The van der Waals surface area contributed by atoms with Crippen LogP contribution >= 0.6 is 0 Å². The third-order valence-electron chi connectivity index (χ3n) is 3.90. The number of aryl methyl sites for hydroxylation is 1. The molecule has 1 aliphatic carbocycles. The molecule has 0 aromatic heterocycles. The highest BCUT2D eigenvalue weighted by Gasteiger charge is 2.29. The van der Waals surface area contributed by atoms with Crippen molar-refractivity contribution in [3.05, 3.63) is 35.4 Å². The van der Waals surface area contributed by atoms with E-state index in [2.05, 4.69) is 6.07 Å². The second-order valence-electron chi connectivity index (χ2n) is 5.35. The largest absolute Gasteiger partial charge is 0.480 e. The molecule has 0 radical (unpaired) electrons. The Morgan fingerprint density at radius 1 is 1.33 bits per heavy atom. The molecule has 5 heteroatoms. The average Bonchev–Trinajstić information content (AvgIpc) is 2.50. The van der Waals surface area contributed by atoms with Crippen molar-refractivity contribution in [1.29, 1.82) is 0 Å². The minimum Gasteiger partial charge on any atom is -0.480 e. The summed E-state index contributed by atoms with van der Waals surface area (Å²) in [4.78, 5) is 24.9. The van der Waals surface area contributed by atoms with Crippen LogP contribution in [0.25, 0.3) is 0 Å². The van der Waals surface area contributed by atoms with Crippen molar-refractivity contribution in [2.45, 2.75) is 19.3 Å². The number of benzene rings is 1. The van der Waals surface area contributed by atoms with Crippen molar-refractivity contribution in [3.8, 4) is 0 Å². The predicted molar refractivity (Wildman–Crippen MR) is 78.0 cm³/mol. The number of carbonyl (C=O) groups excluding carboxylic acids is 1. The number of nitrogens with zero attached hydrogens (tertiary/aromatic N) is 1. The van der Waals surface area contributed by atoms with Gasteiger partial charge in [-0.25, -0.2) is 0 Å². The van der Waals surface area contributed by atoms with Gasteiger partial charge in [0, 0.05) is 19.6 Å². The van der Waals surface area contributed by atoms with Crippen molar-refractivity contribution in [2.24, 2.45) is 5.92 Å². The van der Waals surface area contributed by atoms with E-state index < -0.39 is 5.97 Å². The molecule has 1 N–H and O–H groups in total. The van der Waals surface area contributed by atoms with Gasteiger partial charge < -0.3 is 14.7 Å². The first-order valence-corrected chi connectivity index (χ1v) is 7.18. The van der Waals surface area contributed by atoms with Gasteiger partial charge in [-0.05, 0) is 30.4 Å². The molecule has 1 atom stereocenters. The highest BCUT2D eigenvalue weighted by atomic mass is 16.5. The molecule has 0 aliphatic heterocycles. The summed E-state index contributed by atoms with van der Waals surface area (Å²) < 4.78 is 4.96. The normalized spacial score (nSPS) is 17.1. The van der Waals surface area contributed by atoms with Crippen LogP contribution in [-0.4, -0.2) is 48.7 Å². The number of aliphatic carboxylic acids is 1. The monoisotopic (exact) mass is 291 g/mol. The summed E-state index contributed by atoms with van der Waals surface area (Å²) in [6.07, 6.45) is 2.34. The van der Waals surface area contributed by atoms with Gasteiger partial charge in [0.15, 0.2) is 0 Å². The molecular formula is C16H21NO4. The van der Waals surface area contributed by atoms with Gasteiger partial charge in [-0.2, -0.15) is 0 Å². The van der Waals surface area contributed by atoms with Crippen molar-refractivity contribution in [3.63, 3.8) is 0 Å². The fourth-order valence-corrected chi connectivity index (χ4v) is 2.80. The molecule has 0 fully saturated rings. The lowest BCUT2D eigenvalue weighted by molar-refractivity contribution is -0.147. The Morgan fingerprint density at radius 2 is 2.05 bits per heavy atom. The number of carboxylic acid groups (broad SMARTS) is 1. The Hall–Kier alpha value is -1.88. The fraction of sp³-hybridized carbons (Fsp3) is 0.500. The highest BCUT2D eigenvalue weighted by Crippen LogP contribution is 2.26. The maximum atomic E-state index is 12.6. The molecule has 114 valence electrons. The van der Waals surface area contributed by atoms with Gasteiger partial charge in [0.1, 0.15) is 6.54 Å². The molecule has 0 bridgehead atoms. The van der Waals surface area contributed by atoms with Gasteiger partial charge in [-0.15, -0.1) is 0 Å². The molecule has 0 spiro atoms. The number of rotatable bonds is 6. The van der Waals surface area contributed by atoms with E-state index in [4.69, 9.17) is 9.84 Å². The van der Waals surface area contributed by atoms with Crippen molar-refractivity contribution in [1.82, 2.24) is 4.90 Å². The third-order valence-corrected chi connectivity index (χ3v) is 3.90. The lowest BCUT2D eigenvalue weighted by Crippen LogP contribution is -2.43. The molecule has 1 aliphatic rings. The quantitative estimate of drug-likeness (QED) is 0.859. The Bertz CT molecular complexity index is 515. The molecule has 1 aromatic carbocycles. The van der Waals surface area contributed by atoms with Gasteiger partial charge in [0.2, 0.25) is 5.91 Å². The van der Waals surface area contributed by atoms with Crippen molar-refractivity contribution >= 4 is 11.9 Å². The first-order valence-electron chi connectivity index (χ1n) is 7.18. The van der Waals surface area contributed by atoms with Gasteiger partial charge >= 0.3 is 5.97 Å². The number of hydrogen-bond acceptors (Lipinski definition) is 3. The smallest absolute Gasteiger partial charge is 0.323 e. The molecule has 0 saturated heterocycles. The van der Waals surface area contributed by atoms with Crippen LogP contribution in [0.3, 0.4) is 0 Å². The summed E-state index contributed by atoms with van der Waals surface area (Å²) in [5, 5.41) is 8.95. The first-order chi connectivity index (χ1) is 10.1. The molecule has 21 heavy (non-hydrogen) atoms. The Labute approximate surface area is 124 Å². The lowest BCUT2D eigenvalue weighted by Gasteiger charge is -2.29. The van der Waals surface area contributed by atoms with E-state index in [1.807, 2.05) is 18.2 Å².